The standard InChI is InChI=1S/C52H36N2/c1-5-17-37(18-6-1)41-25-15-27-43(31-41)45-33-46(44-28-16-26-42(32-44)38-19-7-2-8-20-38)35-47(34-45)52-53-50(40-23-11-4-12-24-40)36-51(54-52)49-30-14-13-29-48(49)39-21-9-3-10-22-39/h1-36H. The van der Waals surface area contributed by atoms with Crippen LogP contribution in [-0.2, 0) is 0 Å². The zero-order valence-corrected chi connectivity index (χ0v) is 29.7. The maximum absolute atomic E-state index is 5.37. The van der Waals surface area contributed by atoms with E-state index in [0.717, 1.165) is 61.5 Å². The van der Waals surface area contributed by atoms with Gasteiger partial charge in [0.25, 0.3) is 0 Å². The van der Waals surface area contributed by atoms with Gasteiger partial charge in [0.15, 0.2) is 5.82 Å². The van der Waals surface area contributed by atoms with Crippen LogP contribution in [0, 0.1) is 0 Å². The van der Waals surface area contributed by atoms with Crippen molar-refractivity contribution in [2.45, 2.75) is 0 Å². The normalized spacial score (nSPS) is 11.0. The summed E-state index contributed by atoms with van der Waals surface area (Å²) >= 11 is 0. The highest BCUT2D eigenvalue weighted by Gasteiger charge is 2.16. The number of nitrogens with zero attached hydrogens (tertiary/aromatic N) is 2. The molecule has 0 saturated carbocycles. The Balaban J connectivity index is 1.26. The van der Waals surface area contributed by atoms with Crippen LogP contribution >= 0.6 is 0 Å². The lowest BCUT2D eigenvalue weighted by Crippen LogP contribution is -1.98. The summed E-state index contributed by atoms with van der Waals surface area (Å²) in [4.78, 5) is 10.7. The third kappa shape index (κ3) is 6.89. The van der Waals surface area contributed by atoms with Crippen molar-refractivity contribution in [2.24, 2.45) is 0 Å². The van der Waals surface area contributed by atoms with E-state index in [0.29, 0.717) is 5.82 Å². The minimum absolute atomic E-state index is 0.677. The molecule has 0 spiro atoms. The van der Waals surface area contributed by atoms with E-state index in [2.05, 4.69) is 212 Å². The molecule has 0 amide bonds. The lowest BCUT2D eigenvalue weighted by Gasteiger charge is -2.15. The Hall–Kier alpha value is -7.16. The lowest BCUT2D eigenvalue weighted by molar-refractivity contribution is 1.18. The molecule has 1 aromatic heterocycles. The van der Waals surface area contributed by atoms with E-state index < -0.39 is 0 Å². The zero-order valence-electron chi connectivity index (χ0n) is 29.7. The average molecular weight is 689 g/mol. The molecule has 0 bridgehead atoms. The zero-order chi connectivity index (χ0) is 36.1. The van der Waals surface area contributed by atoms with E-state index in [1.165, 1.54) is 22.3 Å². The monoisotopic (exact) mass is 688 g/mol. The third-order valence-electron chi connectivity index (χ3n) is 9.88. The highest BCUT2D eigenvalue weighted by molar-refractivity contribution is 5.86. The number of hydrogen-bond donors (Lipinski definition) is 0. The first-order valence-electron chi connectivity index (χ1n) is 18.3. The van der Waals surface area contributed by atoms with Crippen LogP contribution in [0.25, 0.3) is 89.5 Å². The predicted molar refractivity (Wildman–Crippen MR) is 226 cm³/mol. The third-order valence-corrected chi connectivity index (χ3v) is 9.88. The summed E-state index contributed by atoms with van der Waals surface area (Å²) in [6.07, 6.45) is 0. The molecular formula is C52H36N2. The Morgan fingerprint density at radius 1 is 0.204 bits per heavy atom. The van der Waals surface area contributed by atoms with E-state index in [-0.39, 0.29) is 0 Å². The molecule has 0 aliphatic rings. The quantitative estimate of drug-likeness (QED) is 0.159. The fourth-order valence-electron chi connectivity index (χ4n) is 7.15. The second kappa shape index (κ2) is 14.8. The van der Waals surface area contributed by atoms with Crippen LogP contribution in [0.2, 0.25) is 0 Å². The van der Waals surface area contributed by atoms with E-state index in [1.807, 2.05) is 6.07 Å². The van der Waals surface area contributed by atoms with Crippen LogP contribution in [-0.4, -0.2) is 9.97 Å². The first-order chi connectivity index (χ1) is 26.7. The van der Waals surface area contributed by atoms with Gasteiger partial charge >= 0.3 is 0 Å². The van der Waals surface area contributed by atoms with Gasteiger partial charge in [0, 0.05) is 16.7 Å². The summed E-state index contributed by atoms with van der Waals surface area (Å²) < 4.78 is 0. The van der Waals surface area contributed by atoms with Crippen molar-refractivity contribution in [3.05, 3.63) is 218 Å². The molecule has 8 aromatic carbocycles. The molecule has 0 N–H and O–H groups in total. The van der Waals surface area contributed by atoms with Gasteiger partial charge in [-0.15, -0.1) is 0 Å². The minimum Gasteiger partial charge on any atom is -0.228 e. The number of aromatic nitrogens is 2. The first kappa shape index (κ1) is 32.7. The molecule has 0 saturated heterocycles. The topological polar surface area (TPSA) is 25.8 Å². The van der Waals surface area contributed by atoms with Crippen LogP contribution in [0.1, 0.15) is 0 Å². The molecule has 54 heavy (non-hydrogen) atoms. The van der Waals surface area contributed by atoms with Crippen LogP contribution in [0.4, 0.5) is 0 Å². The number of rotatable bonds is 8. The summed E-state index contributed by atoms with van der Waals surface area (Å²) in [5.41, 5.74) is 16.3. The summed E-state index contributed by atoms with van der Waals surface area (Å²) in [6, 6.07) is 77.0. The van der Waals surface area contributed by atoms with Gasteiger partial charge < -0.3 is 0 Å². The smallest absolute Gasteiger partial charge is 0.160 e. The number of benzene rings is 8. The first-order valence-corrected chi connectivity index (χ1v) is 18.3. The van der Waals surface area contributed by atoms with Crippen molar-refractivity contribution in [1.82, 2.24) is 9.97 Å². The second-order valence-electron chi connectivity index (χ2n) is 13.4. The SMILES string of the molecule is c1ccc(-c2cccc(-c3cc(-c4cccc(-c5ccccc5)c4)cc(-c4nc(-c5ccccc5)cc(-c5ccccc5-c5ccccc5)n4)c3)c2)cc1. The molecule has 0 aliphatic carbocycles. The van der Waals surface area contributed by atoms with Crippen molar-refractivity contribution in [3.63, 3.8) is 0 Å². The molecule has 9 aromatic rings. The summed E-state index contributed by atoms with van der Waals surface area (Å²) in [5.74, 6) is 0.677. The fourth-order valence-corrected chi connectivity index (χ4v) is 7.15. The Morgan fingerprint density at radius 3 is 1.07 bits per heavy atom. The van der Waals surface area contributed by atoms with Crippen LogP contribution < -0.4 is 0 Å². The molecule has 0 unspecified atom stereocenters. The van der Waals surface area contributed by atoms with Gasteiger partial charge in [-0.2, -0.15) is 0 Å². The highest BCUT2D eigenvalue weighted by atomic mass is 14.9. The maximum Gasteiger partial charge on any atom is 0.160 e. The van der Waals surface area contributed by atoms with Crippen molar-refractivity contribution in [2.75, 3.05) is 0 Å². The Bertz CT molecular complexity index is 2580. The van der Waals surface area contributed by atoms with E-state index >= 15 is 0 Å². The van der Waals surface area contributed by atoms with Crippen molar-refractivity contribution in [3.8, 4) is 89.5 Å². The van der Waals surface area contributed by atoms with Gasteiger partial charge in [0.05, 0.1) is 11.4 Å². The van der Waals surface area contributed by atoms with Gasteiger partial charge in [-0.1, -0.05) is 182 Å². The summed E-state index contributed by atoms with van der Waals surface area (Å²) in [7, 11) is 0. The van der Waals surface area contributed by atoms with Gasteiger partial charge in [-0.05, 0) is 92.0 Å². The molecule has 9 rings (SSSR count). The minimum atomic E-state index is 0.677. The van der Waals surface area contributed by atoms with Gasteiger partial charge in [0.2, 0.25) is 0 Å². The molecule has 0 radical (unpaired) electrons. The predicted octanol–water partition coefficient (Wildman–Crippen LogP) is 13.8. The second-order valence-corrected chi connectivity index (χ2v) is 13.4. The Kier molecular flexibility index (Phi) is 8.99. The van der Waals surface area contributed by atoms with E-state index in [4.69, 9.17) is 9.97 Å². The molecule has 0 atom stereocenters. The van der Waals surface area contributed by atoms with E-state index in [1.54, 1.807) is 0 Å². The van der Waals surface area contributed by atoms with Crippen molar-refractivity contribution >= 4 is 0 Å². The number of hydrogen-bond acceptors (Lipinski definition) is 2. The van der Waals surface area contributed by atoms with Gasteiger partial charge in [-0.3, -0.25) is 0 Å². The molecule has 254 valence electrons. The van der Waals surface area contributed by atoms with Gasteiger partial charge in [-0.25, -0.2) is 9.97 Å². The van der Waals surface area contributed by atoms with Crippen LogP contribution in [0.5, 0.6) is 0 Å². The van der Waals surface area contributed by atoms with Crippen LogP contribution in [0.15, 0.2) is 218 Å². The summed E-state index contributed by atoms with van der Waals surface area (Å²) in [6.45, 7) is 0. The van der Waals surface area contributed by atoms with Crippen molar-refractivity contribution in [1.29, 1.82) is 0 Å². The molecule has 0 fully saturated rings. The molecule has 0 aliphatic heterocycles. The van der Waals surface area contributed by atoms with Gasteiger partial charge in [0.1, 0.15) is 0 Å². The highest BCUT2D eigenvalue weighted by Crippen LogP contribution is 2.38. The van der Waals surface area contributed by atoms with Crippen LogP contribution in [0.3, 0.4) is 0 Å². The fraction of sp³-hybridized carbons (Fsp3) is 0. The van der Waals surface area contributed by atoms with E-state index in [9.17, 15) is 0 Å². The summed E-state index contributed by atoms with van der Waals surface area (Å²) in [5, 5.41) is 0. The maximum atomic E-state index is 5.37. The molecular weight excluding hydrogens is 653 g/mol. The Morgan fingerprint density at radius 2 is 0.556 bits per heavy atom. The molecule has 1 heterocycles. The largest absolute Gasteiger partial charge is 0.228 e. The molecule has 2 heteroatoms. The lowest BCUT2D eigenvalue weighted by atomic mass is 9.92. The van der Waals surface area contributed by atoms with Crippen molar-refractivity contribution < 1.29 is 0 Å². The average Bonchev–Trinajstić information content (AvgIpc) is 3.27. The molecule has 2 nitrogen and oxygen atoms in total. The Labute approximate surface area is 316 Å².